The van der Waals surface area contributed by atoms with Crippen molar-refractivity contribution in [1.82, 2.24) is 10.4 Å². The molecule has 2 aromatic carbocycles. The van der Waals surface area contributed by atoms with E-state index in [0.29, 0.717) is 27.5 Å². The molecule has 0 fully saturated rings. The predicted molar refractivity (Wildman–Crippen MR) is 123 cm³/mol. The van der Waals surface area contributed by atoms with Crippen molar-refractivity contribution in [2.24, 2.45) is 5.10 Å². The Morgan fingerprint density at radius 1 is 1.33 bits per heavy atom. The molecular formula is C21H18BrF3N4O3S. The predicted octanol–water partition coefficient (Wildman–Crippen LogP) is 5.47. The van der Waals surface area contributed by atoms with Gasteiger partial charge in [0.25, 0.3) is 0 Å². The molecule has 3 N–H and O–H groups in total. The van der Waals surface area contributed by atoms with Crippen LogP contribution in [0.3, 0.4) is 0 Å². The van der Waals surface area contributed by atoms with E-state index in [0.717, 1.165) is 23.5 Å². The van der Waals surface area contributed by atoms with Crippen LogP contribution in [0.25, 0.3) is 0 Å². The minimum Gasteiger partial charge on any atom is -0.503 e. The number of halogens is 4. The van der Waals surface area contributed by atoms with Crippen molar-refractivity contribution in [3.05, 3.63) is 63.1 Å². The number of amides is 1. The summed E-state index contributed by atoms with van der Waals surface area (Å²) in [6.45, 7) is 2.16. The van der Waals surface area contributed by atoms with Gasteiger partial charge in [0.15, 0.2) is 16.6 Å². The summed E-state index contributed by atoms with van der Waals surface area (Å²) < 4.78 is 44.3. The number of carbonyl (C=O) groups is 1. The Kier molecular flexibility index (Phi) is 7.92. The van der Waals surface area contributed by atoms with Crippen LogP contribution in [0.1, 0.15) is 23.7 Å². The van der Waals surface area contributed by atoms with Gasteiger partial charge in [-0.15, -0.1) is 11.3 Å². The number of rotatable bonds is 8. The number of phenols is 1. The highest BCUT2D eigenvalue weighted by Crippen LogP contribution is 2.35. The molecule has 174 valence electrons. The summed E-state index contributed by atoms with van der Waals surface area (Å²) in [5.41, 5.74) is 2.88. The number of aromatic nitrogens is 1. The quantitative estimate of drug-likeness (QED) is 0.259. The molecule has 0 spiro atoms. The molecule has 7 nitrogen and oxygen atoms in total. The lowest BCUT2D eigenvalue weighted by molar-refractivity contribution is -0.137. The van der Waals surface area contributed by atoms with Crippen LogP contribution < -0.4 is 15.5 Å². The third-order valence-corrected chi connectivity index (χ3v) is 5.50. The molecule has 0 radical (unpaired) electrons. The second-order valence-electron chi connectivity index (χ2n) is 6.60. The number of hydrazone groups is 1. The smallest absolute Gasteiger partial charge is 0.416 e. The lowest BCUT2D eigenvalue weighted by atomic mass is 10.2. The van der Waals surface area contributed by atoms with Gasteiger partial charge in [0.05, 0.1) is 35.0 Å². The molecule has 0 aliphatic rings. The zero-order chi connectivity index (χ0) is 24.0. The number of anilines is 2. The van der Waals surface area contributed by atoms with E-state index in [9.17, 15) is 23.1 Å². The fraction of sp³-hybridized carbons (Fsp3) is 0.190. The van der Waals surface area contributed by atoms with E-state index >= 15 is 0 Å². The highest BCUT2D eigenvalue weighted by Gasteiger charge is 2.30. The minimum absolute atomic E-state index is 0.0314. The van der Waals surface area contributed by atoms with Crippen LogP contribution in [0.5, 0.6) is 11.5 Å². The summed E-state index contributed by atoms with van der Waals surface area (Å²) in [5.74, 6) is -0.177. The van der Waals surface area contributed by atoms with E-state index in [4.69, 9.17) is 4.74 Å². The number of aromatic hydroxyl groups is 1. The largest absolute Gasteiger partial charge is 0.503 e. The van der Waals surface area contributed by atoms with Crippen LogP contribution in [-0.4, -0.2) is 28.8 Å². The van der Waals surface area contributed by atoms with E-state index in [2.05, 4.69) is 36.8 Å². The highest BCUT2D eigenvalue weighted by atomic mass is 79.9. The Morgan fingerprint density at radius 2 is 2.12 bits per heavy atom. The Hall–Kier alpha value is -3.12. The SMILES string of the molecule is CCOc1cc(/C=N\NC(=O)Cc2csc(Nc3cccc(C(F)(F)F)c3)n2)cc(Br)c1O. The van der Waals surface area contributed by atoms with Crippen LogP contribution in [0, 0.1) is 0 Å². The number of ether oxygens (including phenoxy) is 1. The van der Waals surface area contributed by atoms with Gasteiger partial charge in [0.2, 0.25) is 5.91 Å². The van der Waals surface area contributed by atoms with Gasteiger partial charge in [0.1, 0.15) is 0 Å². The maximum Gasteiger partial charge on any atom is 0.416 e. The van der Waals surface area contributed by atoms with Gasteiger partial charge in [0, 0.05) is 11.1 Å². The maximum atomic E-state index is 12.8. The molecule has 3 aromatic rings. The Morgan fingerprint density at radius 3 is 2.85 bits per heavy atom. The van der Waals surface area contributed by atoms with Crippen molar-refractivity contribution in [2.75, 3.05) is 11.9 Å². The van der Waals surface area contributed by atoms with Crippen LogP contribution in [0.2, 0.25) is 0 Å². The van der Waals surface area contributed by atoms with Crippen LogP contribution in [-0.2, 0) is 17.4 Å². The zero-order valence-electron chi connectivity index (χ0n) is 17.1. The first-order chi connectivity index (χ1) is 15.7. The molecule has 0 aliphatic carbocycles. The number of phenolic OH excluding ortho intramolecular Hbond substituents is 1. The van der Waals surface area contributed by atoms with Gasteiger partial charge in [-0.2, -0.15) is 18.3 Å². The number of benzene rings is 2. The van der Waals surface area contributed by atoms with Crippen molar-refractivity contribution in [2.45, 2.75) is 19.5 Å². The van der Waals surface area contributed by atoms with Gasteiger partial charge in [-0.3, -0.25) is 4.79 Å². The van der Waals surface area contributed by atoms with Crippen molar-refractivity contribution in [3.63, 3.8) is 0 Å². The van der Waals surface area contributed by atoms with E-state index in [1.54, 1.807) is 24.4 Å². The fourth-order valence-electron chi connectivity index (χ4n) is 2.66. The van der Waals surface area contributed by atoms with Gasteiger partial charge in [-0.1, -0.05) is 6.07 Å². The number of nitrogens with one attached hydrogen (secondary N) is 2. The number of hydrogen-bond donors (Lipinski definition) is 3. The summed E-state index contributed by atoms with van der Waals surface area (Å²) >= 11 is 4.39. The Labute approximate surface area is 199 Å². The first kappa shape index (κ1) is 24.5. The number of carbonyl (C=O) groups excluding carboxylic acids is 1. The van der Waals surface area contributed by atoms with Crippen molar-refractivity contribution in [1.29, 1.82) is 0 Å². The average Bonchev–Trinajstić information content (AvgIpc) is 3.18. The number of thiazole rings is 1. The summed E-state index contributed by atoms with van der Waals surface area (Å²) in [6, 6.07) is 7.95. The topological polar surface area (TPSA) is 95.8 Å². The molecule has 12 heteroatoms. The highest BCUT2D eigenvalue weighted by molar-refractivity contribution is 9.10. The van der Waals surface area contributed by atoms with Gasteiger partial charge < -0.3 is 15.2 Å². The molecule has 1 heterocycles. The third-order valence-electron chi connectivity index (χ3n) is 4.09. The van der Waals surface area contributed by atoms with Crippen LogP contribution >= 0.6 is 27.3 Å². The monoisotopic (exact) mass is 542 g/mol. The lowest BCUT2D eigenvalue weighted by Crippen LogP contribution is -2.19. The van der Waals surface area contributed by atoms with Crippen LogP contribution in [0.15, 0.2) is 51.4 Å². The van der Waals surface area contributed by atoms with Crippen LogP contribution in [0.4, 0.5) is 24.0 Å². The molecule has 0 saturated carbocycles. The molecule has 0 unspecified atom stereocenters. The molecule has 1 amide bonds. The summed E-state index contributed by atoms with van der Waals surface area (Å²) in [6.07, 6.45) is -3.11. The summed E-state index contributed by atoms with van der Waals surface area (Å²) in [5, 5.41) is 18.6. The molecule has 0 saturated heterocycles. The fourth-order valence-corrected chi connectivity index (χ4v) is 3.85. The second kappa shape index (κ2) is 10.7. The Bertz CT molecular complexity index is 1170. The number of alkyl halides is 3. The van der Waals surface area contributed by atoms with Crippen molar-refractivity contribution in [3.8, 4) is 11.5 Å². The lowest BCUT2D eigenvalue weighted by Gasteiger charge is -2.08. The molecule has 33 heavy (non-hydrogen) atoms. The van der Waals surface area contributed by atoms with E-state index < -0.39 is 17.6 Å². The molecule has 1 aromatic heterocycles. The van der Waals surface area contributed by atoms with E-state index in [1.165, 1.54) is 18.3 Å². The average molecular weight is 543 g/mol. The van der Waals surface area contributed by atoms with Gasteiger partial charge in [-0.25, -0.2) is 10.4 Å². The minimum atomic E-state index is -4.44. The maximum absolute atomic E-state index is 12.8. The normalized spacial score (nSPS) is 11.5. The van der Waals surface area contributed by atoms with Gasteiger partial charge >= 0.3 is 6.18 Å². The van der Waals surface area contributed by atoms with E-state index in [1.807, 2.05) is 0 Å². The third kappa shape index (κ3) is 6.93. The number of nitrogens with zero attached hydrogens (tertiary/aromatic N) is 2. The molecule has 0 atom stereocenters. The Balaban J connectivity index is 1.57. The number of hydrogen-bond acceptors (Lipinski definition) is 7. The van der Waals surface area contributed by atoms with E-state index in [-0.39, 0.29) is 23.6 Å². The first-order valence-electron chi connectivity index (χ1n) is 9.51. The van der Waals surface area contributed by atoms with Gasteiger partial charge in [-0.05, 0) is 58.7 Å². The molecule has 0 bridgehead atoms. The van der Waals surface area contributed by atoms with Crippen molar-refractivity contribution < 1.29 is 27.8 Å². The first-order valence-corrected chi connectivity index (χ1v) is 11.2. The molecule has 0 aliphatic heterocycles. The van der Waals surface area contributed by atoms with Crippen molar-refractivity contribution >= 4 is 50.2 Å². The molecular weight excluding hydrogens is 525 g/mol. The standard InChI is InChI=1S/C21H18BrF3N4O3S/c1-2-32-17-7-12(6-16(22)19(17)31)10-26-29-18(30)9-15-11-33-20(28-15)27-14-5-3-4-13(8-14)21(23,24)25/h3-8,10-11,31H,2,9H2,1H3,(H,27,28)(H,29,30)/b26-10-. The second-order valence-corrected chi connectivity index (χ2v) is 8.31. The molecule has 3 rings (SSSR count). The summed E-state index contributed by atoms with van der Waals surface area (Å²) in [4.78, 5) is 16.4. The summed E-state index contributed by atoms with van der Waals surface area (Å²) in [7, 11) is 0. The zero-order valence-corrected chi connectivity index (χ0v) is 19.5.